The highest BCUT2D eigenvalue weighted by molar-refractivity contribution is 7.88. The second-order valence-electron chi connectivity index (χ2n) is 4.79. The summed E-state index contributed by atoms with van der Waals surface area (Å²) in [5.74, 6) is -0.181. The highest BCUT2D eigenvalue weighted by Crippen LogP contribution is 2.47. The van der Waals surface area contributed by atoms with Crippen LogP contribution in [-0.2, 0) is 29.4 Å². The van der Waals surface area contributed by atoms with E-state index in [1.165, 1.54) is 0 Å². The molecule has 0 saturated heterocycles. The largest absolute Gasteiger partial charge is 0.336 e. The fourth-order valence-electron chi connectivity index (χ4n) is 1.81. The van der Waals surface area contributed by atoms with E-state index in [1.807, 2.05) is 6.07 Å². The average Bonchev–Trinajstić information content (AvgIpc) is 2.46. The fraction of sp³-hybridized carbons (Fsp3) is 0.500. The zero-order valence-electron chi connectivity index (χ0n) is 13.6. The molecule has 0 aliphatic heterocycles. The molecule has 130 valence electrons. The van der Waals surface area contributed by atoms with Gasteiger partial charge in [-0.1, -0.05) is 30.3 Å². The molecule has 0 aliphatic carbocycles. The molecular weight excluding hydrogens is 339 g/mol. The first-order chi connectivity index (χ1) is 10.8. The number of hydrazone groups is 1. The van der Waals surface area contributed by atoms with Gasteiger partial charge in [0.25, 0.3) is 10.0 Å². The van der Waals surface area contributed by atoms with Crippen molar-refractivity contribution in [2.45, 2.75) is 26.5 Å². The number of sulfonamides is 1. The Morgan fingerprint density at radius 3 is 2.26 bits per heavy atom. The topological polar surface area (TPSA) is 94.1 Å². The van der Waals surface area contributed by atoms with E-state index in [2.05, 4.69) is 9.93 Å². The Bertz CT molecular complexity index is 651. The molecular formula is C14H23N2O5PS. The van der Waals surface area contributed by atoms with Gasteiger partial charge in [0.05, 0.1) is 25.1 Å². The molecule has 0 bridgehead atoms. The summed E-state index contributed by atoms with van der Waals surface area (Å²) in [6.45, 7) is 5.46. The van der Waals surface area contributed by atoms with E-state index in [1.54, 1.807) is 45.0 Å². The van der Waals surface area contributed by atoms with Gasteiger partial charge in [-0.15, -0.1) is 0 Å². The van der Waals surface area contributed by atoms with E-state index in [4.69, 9.17) is 9.05 Å². The van der Waals surface area contributed by atoms with E-state index in [0.29, 0.717) is 11.3 Å². The Hall–Kier alpha value is -1.21. The third-order valence-corrected chi connectivity index (χ3v) is 5.88. The monoisotopic (exact) mass is 362 g/mol. The van der Waals surface area contributed by atoms with Crippen LogP contribution in [0.25, 0.3) is 0 Å². The van der Waals surface area contributed by atoms with Gasteiger partial charge in [-0.05, 0) is 26.3 Å². The molecule has 0 atom stereocenters. The molecule has 7 nitrogen and oxygen atoms in total. The van der Waals surface area contributed by atoms with E-state index < -0.39 is 17.6 Å². The minimum Gasteiger partial charge on any atom is -0.309 e. The van der Waals surface area contributed by atoms with Gasteiger partial charge in [0.15, 0.2) is 0 Å². The molecule has 23 heavy (non-hydrogen) atoms. The number of benzene rings is 1. The molecule has 1 aromatic carbocycles. The van der Waals surface area contributed by atoms with Crippen molar-refractivity contribution in [2.75, 3.05) is 19.4 Å². The number of nitrogens with one attached hydrogen (secondary N) is 1. The SMILES string of the molecule is CCOP(=O)(CC(C)=NNS(=O)(=O)Cc1ccccc1)OCC. The number of nitrogens with zero attached hydrogens (tertiary/aromatic N) is 1. The Labute approximate surface area is 137 Å². The molecule has 0 heterocycles. The van der Waals surface area contributed by atoms with Crippen molar-refractivity contribution in [3.05, 3.63) is 35.9 Å². The Kier molecular flexibility index (Phi) is 7.91. The summed E-state index contributed by atoms with van der Waals surface area (Å²) in [5, 5.41) is 3.79. The van der Waals surface area contributed by atoms with Crippen molar-refractivity contribution in [1.29, 1.82) is 0 Å². The first-order valence-electron chi connectivity index (χ1n) is 7.25. The van der Waals surface area contributed by atoms with Crippen molar-refractivity contribution in [2.24, 2.45) is 5.10 Å². The number of rotatable bonds is 10. The van der Waals surface area contributed by atoms with Crippen molar-refractivity contribution in [3.8, 4) is 0 Å². The van der Waals surface area contributed by atoms with Crippen LogP contribution in [0.2, 0.25) is 0 Å². The van der Waals surface area contributed by atoms with Gasteiger partial charge in [0.1, 0.15) is 0 Å². The van der Waals surface area contributed by atoms with Gasteiger partial charge in [-0.25, -0.2) is 13.2 Å². The minimum atomic E-state index is -3.62. The highest BCUT2D eigenvalue weighted by atomic mass is 32.2. The molecule has 1 rings (SSSR count). The summed E-state index contributed by atoms with van der Waals surface area (Å²) >= 11 is 0. The zero-order chi connectivity index (χ0) is 17.3. The van der Waals surface area contributed by atoms with Crippen molar-refractivity contribution in [3.63, 3.8) is 0 Å². The predicted molar refractivity (Wildman–Crippen MR) is 91.0 cm³/mol. The summed E-state index contributed by atoms with van der Waals surface area (Å²) < 4.78 is 46.6. The van der Waals surface area contributed by atoms with Crippen LogP contribution in [-0.4, -0.2) is 33.5 Å². The predicted octanol–water partition coefficient (Wildman–Crippen LogP) is 2.75. The van der Waals surface area contributed by atoms with Gasteiger partial charge < -0.3 is 9.05 Å². The van der Waals surface area contributed by atoms with Crippen LogP contribution in [0.4, 0.5) is 0 Å². The summed E-state index contributed by atoms with van der Waals surface area (Å²) in [6.07, 6.45) is -0.0669. The van der Waals surface area contributed by atoms with E-state index >= 15 is 0 Å². The standard InChI is InChI=1S/C14H23N2O5PS/c1-4-20-22(17,21-5-2)11-13(3)15-16-23(18,19)12-14-9-7-6-8-10-14/h6-10,16H,4-5,11-12H2,1-3H3. The maximum Gasteiger partial charge on any atom is 0.336 e. The third-order valence-electron chi connectivity index (χ3n) is 2.65. The lowest BCUT2D eigenvalue weighted by Crippen LogP contribution is -2.22. The Morgan fingerprint density at radius 2 is 1.74 bits per heavy atom. The lowest BCUT2D eigenvalue weighted by molar-refractivity contribution is 0.223. The summed E-state index contributed by atoms with van der Waals surface area (Å²) in [6, 6.07) is 8.77. The smallest absolute Gasteiger partial charge is 0.309 e. The van der Waals surface area contributed by atoms with E-state index in [9.17, 15) is 13.0 Å². The molecule has 0 spiro atoms. The molecule has 0 unspecified atom stereocenters. The molecule has 0 amide bonds. The van der Waals surface area contributed by atoms with Crippen LogP contribution in [0.3, 0.4) is 0 Å². The zero-order valence-corrected chi connectivity index (χ0v) is 15.3. The van der Waals surface area contributed by atoms with Crippen molar-refractivity contribution < 1.29 is 22.0 Å². The summed E-state index contributed by atoms with van der Waals surface area (Å²) in [4.78, 5) is 2.14. The lowest BCUT2D eigenvalue weighted by atomic mass is 10.2. The van der Waals surface area contributed by atoms with Crippen LogP contribution in [0.1, 0.15) is 26.3 Å². The van der Waals surface area contributed by atoms with Crippen molar-refractivity contribution in [1.82, 2.24) is 4.83 Å². The van der Waals surface area contributed by atoms with Gasteiger partial charge >= 0.3 is 7.60 Å². The maximum atomic E-state index is 12.3. The minimum absolute atomic E-state index is 0.0669. The highest BCUT2D eigenvalue weighted by Gasteiger charge is 2.25. The lowest BCUT2D eigenvalue weighted by Gasteiger charge is -2.16. The quantitative estimate of drug-likeness (QED) is 0.392. The molecule has 0 aliphatic rings. The van der Waals surface area contributed by atoms with Crippen molar-refractivity contribution >= 4 is 23.3 Å². The number of hydrogen-bond acceptors (Lipinski definition) is 6. The van der Waals surface area contributed by atoms with Crippen LogP contribution >= 0.6 is 7.60 Å². The second-order valence-corrected chi connectivity index (χ2v) is 8.54. The summed E-state index contributed by atoms with van der Waals surface area (Å²) in [5.41, 5.74) is 0.981. The number of hydrogen-bond donors (Lipinski definition) is 1. The van der Waals surface area contributed by atoms with E-state index in [0.717, 1.165) is 0 Å². The van der Waals surface area contributed by atoms with Gasteiger partial charge in [-0.3, -0.25) is 4.57 Å². The molecule has 9 heteroatoms. The molecule has 1 aromatic rings. The molecule has 0 saturated carbocycles. The Balaban J connectivity index is 2.69. The van der Waals surface area contributed by atoms with Crippen LogP contribution in [0, 0.1) is 0 Å². The fourth-order valence-corrected chi connectivity index (χ4v) is 4.48. The van der Waals surface area contributed by atoms with Gasteiger partial charge in [-0.2, -0.15) is 5.10 Å². The average molecular weight is 362 g/mol. The first kappa shape index (κ1) is 19.8. The first-order valence-corrected chi connectivity index (χ1v) is 10.6. The van der Waals surface area contributed by atoms with Gasteiger partial charge in [0.2, 0.25) is 0 Å². The molecule has 0 aromatic heterocycles. The van der Waals surface area contributed by atoms with Crippen LogP contribution in [0.5, 0.6) is 0 Å². The van der Waals surface area contributed by atoms with Gasteiger partial charge in [0, 0.05) is 5.71 Å². The summed E-state index contributed by atoms with van der Waals surface area (Å²) in [7, 11) is -6.91. The Morgan fingerprint density at radius 1 is 1.17 bits per heavy atom. The molecule has 0 fully saturated rings. The van der Waals surface area contributed by atoms with E-state index in [-0.39, 0.29) is 25.1 Å². The maximum absolute atomic E-state index is 12.3. The van der Waals surface area contributed by atoms with Crippen LogP contribution in [0.15, 0.2) is 35.4 Å². The second kappa shape index (κ2) is 9.17. The van der Waals surface area contributed by atoms with Crippen LogP contribution < -0.4 is 4.83 Å². The molecule has 1 N–H and O–H groups in total. The third kappa shape index (κ3) is 7.74. The molecule has 0 radical (unpaired) electrons. The normalized spacial score (nSPS) is 13.1.